The molecule has 80 valence electrons. The average Bonchev–Trinajstić information content (AvgIpc) is 2.76. The summed E-state index contributed by atoms with van der Waals surface area (Å²) in [7, 11) is 3.96. The van der Waals surface area contributed by atoms with Crippen LogP contribution in [0.25, 0.3) is 0 Å². The molecule has 0 aromatic carbocycles. The molecule has 0 amide bonds. The van der Waals surface area contributed by atoms with Crippen molar-refractivity contribution in [3.63, 3.8) is 0 Å². The van der Waals surface area contributed by atoms with Crippen molar-refractivity contribution in [3.05, 3.63) is 23.5 Å². The van der Waals surface area contributed by atoms with E-state index in [0.29, 0.717) is 12.2 Å². The zero-order valence-corrected chi connectivity index (χ0v) is 9.53. The summed E-state index contributed by atoms with van der Waals surface area (Å²) in [6, 6.07) is 0. The lowest BCUT2D eigenvalue weighted by atomic mass is 10.5. The maximum absolute atomic E-state index is 5.58. The van der Waals surface area contributed by atoms with Crippen LogP contribution in [0.2, 0.25) is 0 Å². The summed E-state index contributed by atoms with van der Waals surface area (Å²) in [6.45, 7) is 0.668. The first-order chi connectivity index (χ1) is 7.15. The van der Waals surface area contributed by atoms with Crippen LogP contribution in [0.5, 0.6) is 0 Å². The fraction of sp³-hybridized carbons (Fsp3) is 0.333. The Balaban J connectivity index is 2.11. The minimum atomic E-state index is 0.668. The fourth-order valence-electron chi connectivity index (χ4n) is 1.21. The third kappa shape index (κ3) is 2.27. The minimum absolute atomic E-state index is 0.668. The zero-order chi connectivity index (χ0) is 10.8. The zero-order valence-electron chi connectivity index (χ0n) is 8.71. The molecule has 2 rings (SSSR count). The van der Waals surface area contributed by atoms with Gasteiger partial charge in [-0.05, 0) is 0 Å². The van der Waals surface area contributed by atoms with Gasteiger partial charge in [-0.1, -0.05) is 0 Å². The summed E-state index contributed by atoms with van der Waals surface area (Å²) in [5, 5.41) is 7.15. The Hall–Kier alpha value is -1.56. The second kappa shape index (κ2) is 3.90. The molecule has 0 aliphatic rings. The molecular weight excluding hydrogens is 210 g/mol. The van der Waals surface area contributed by atoms with E-state index in [0.717, 1.165) is 10.8 Å². The van der Waals surface area contributed by atoms with Crippen molar-refractivity contribution in [2.75, 3.05) is 24.7 Å². The van der Waals surface area contributed by atoms with Gasteiger partial charge in [-0.15, -0.1) is 11.3 Å². The van der Waals surface area contributed by atoms with Gasteiger partial charge in [0.05, 0.1) is 24.1 Å². The molecule has 0 aliphatic carbocycles. The highest BCUT2D eigenvalue weighted by molar-refractivity contribution is 7.13. The normalized spacial score (nSPS) is 10.5. The number of rotatable bonds is 3. The number of nitrogens with two attached hydrogens (primary N) is 1. The highest BCUT2D eigenvalue weighted by atomic mass is 32.1. The molecule has 0 saturated carbocycles. The molecule has 5 nitrogen and oxygen atoms in total. The van der Waals surface area contributed by atoms with Crippen LogP contribution in [0.1, 0.15) is 5.69 Å². The van der Waals surface area contributed by atoms with Gasteiger partial charge in [0, 0.05) is 25.7 Å². The molecule has 0 saturated heterocycles. The molecule has 2 N–H and O–H groups in total. The number of aromatic nitrogens is 3. The first kappa shape index (κ1) is 9.97. The second-order valence-electron chi connectivity index (χ2n) is 3.49. The van der Waals surface area contributed by atoms with E-state index in [1.807, 2.05) is 24.4 Å². The predicted octanol–water partition coefficient (Wildman–Crippen LogP) is 1.04. The summed E-state index contributed by atoms with van der Waals surface area (Å²) >= 11 is 1.63. The molecular formula is C9H13N5S. The quantitative estimate of drug-likeness (QED) is 0.844. The van der Waals surface area contributed by atoms with Gasteiger partial charge in [0.2, 0.25) is 0 Å². The maximum Gasteiger partial charge on any atom is 0.185 e. The van der Waals surface area contributed by atoms with E-state index in [-0.39, 0.29) is 0 Å². The van der Waals surface area contributed by atoms with Crippen LogP contribution in [-0.4, -0.2) is 28.9 Å². The molecule has 0 bridgehead atoms. The molecule has 6 heteroatoms. The monoisotopic (exact) mass is 223 g/mol. The number of nitrogens with zero attached hydrogens (tertiary/aromatic N) is 4. The molecule has 0 aliphatic heterocycles. The van der Waals surface area contributed by atoms with Gasteiger partial charge in [-0.25, -0.2) is 4.98 Å². The lowest BCUT2D eigenvalue weighted by Crippen LogP contribution is -2.08. The van der Waals surface area contributed by atoms with E-state index in [4.69, 9.17) is 5.73 Å². The Bertz CT molecular complexity index is 445. The second-order valence-corrected chi connectivity index (χ2v) is 4.32. The highest BCUT2D eigenvalue weighted by Gasteiger charge is 2.04. The Morgan fingerprint density at radius 1 is 1.53 bits per heavy atom. The van der Waals surface area contributed by atoms with E-state index < -0.39 is 0 Å². The number of hydrogen-bond donors (Lipinski definition) is 1. The van der Waals surface area contributed by atoms with E-state index in [9.17, 15) is 0 Å². The first-order valence-electron chi connectivity index (χ1n) is 4.55. The van der Waals surface area contributed by atoms with Gasteiger partial charge in [-0.3, -0.25) is 4.68 Å². The van der Waals surface area contributed by atoms with E-state index >= 15 is 0 Å². The summed E-state index contributed by atoms with van der Waals surface area (Å²) in [6.07, 6.45) is 3.44. The molecule has 15 heavy (non-hydrogen) atoms. The predicted molar refractivity (Wildman–Crippen MR) is 62.2 cm³/mol. The smallest absolute Gasteiger partial charge is 0.185 e. The van der Waals surface area contributed by atoms with Gasteiger partial charge in [0.15, 0.2) is 5.13 Å². The Morgan fingerprint density at radius 3 is 2.87 bits per heavy atom. The molecule has 0 unspecified atom stereocenters. The first-order valence-corrected chi connectivity index (χ1v) is 5.43. The van der Waals surface area contributed by atoms with E-state index in [1.54, 1.807) is 28.4 Å². The van der Waals surface area contributed by atoms with Gasteiger partial charge >= 0.3 is 0 Å². The molecule has 0 fully saturated rings. The van der Waals surface area contributed by atoms with Crippen molar-refractivity contribution in [1.82, 2.24) is 14.8 Å². The standard InChI is InChI=1S/C9H13N5S/c1-13(2)9-12-8(6-15-9)5-14-4-7(10)3-11-14/h3-4,6H,5,10H2,1-2H3. The highest BCUT2D eigenvalue weighted by Crippen LogP contribution is 2.18. The van der Waals surface area contributed by atoms with Crippen LogP contribution >= 0.6 is 11.3 Å². The molecule has 2 aromatic heterocycles. The van der Waals surface area contributed by atoms with Gasteiger partial charge in [0.25, 0.3) is 0 Å². The number of hydrogen-bond acceptors (Lipinski definition) is 5. The largest absolute Gasteiger partial charge is 0.396 e. The van der Waals surface area contributed by atoms with Crippen molar-refractivity contribution in [2.45, 2.75) is 6.54 Å². The Morgan fingerprint density at radius 2 is 2.33 bits per heavy atom. The third-order valence-corrected chi connectivity index (χ3v) is 2.96. The average molecular weight is 223 g/mol. The van der Waals surface area contributed by atoms with Crippen LogP contribution in [0.15, 0.2) is 17.8 Å². The lowest BCUT2D eigenvalue weighted by Gasteiger charge is -2.05. The number of thiazole rings is 1. The maximum atomic E-state index is 5.58. The van der Waals surface area contributed by atoms with Crippen LogP contribution in [0.4, 0.5) is 10.8 Å². The molecule has 2 aromatic rings. The summed E-state index contributed by atoms with van der Waals surface area (Å²) < 4.78 is 1.78. The van der Waals surface area contributed by atoms with Gasteiger partial charge in [0.1, 0.15) is 0 Å². The molecule has 0 atom stereocenters. The molecule has 2 heterocycles. The van der Waals surface area contributed by atoms with Crippen molar-refractivity contribution >= 4 is 22.2 Å². The van der Waals surface area contributed by atoms with Gasteiger partial charge < -0.3 is 10.6 Å². The number of anilines is 2. The van der Waals surface area contributed by atoms with E-state index in [2.05, 4.69) is 10.1 Å². The Kier molecular flexibility index (Phi) is 2.59. The lowest BCUT2D eigenvalue weighted by molar-refractivity contribution is 0.676. The van der Waals surface area contributed by atoms with Gasteiger partial charge in [-0.2, -0.15) is 5.10 Å². The van der Waals surface area contributed by atoms with Crippen molar-refractivity contribution in [1.29, 1.82) is 0 Å². The summed E-state index contributed by atoms with van der Waals surface area (Å²) in [4.78, 5) is 6.45. The van der Waals surface area contributed by atoms with Crippen LogP contribution in [-0.2, 0) is 6.54 Å². The van der Waals surface area contributed by atoms with Crippen LogP contribution in [0.3, 0.4) is 0 Å². The van der Waals surface area contributed by atoms with Crippen molar-refractivity contribution < 1.29 is 0 Å². The van der Waals surface area contributed by atoms with Crippen LogP contribution < -0.4 is 10.6 Å². The SMILES string of the molecule is CN(C)c1nc(Cn2cc(N)cn2)cs1. The topological polar surface area (TPSA) is 60.0 Å². The van der Waals surface area contributed by atoms with Crippen molar-refractivity contribution in [2.24, 2.45) is 0 Å². The summed E-state index contributed by atoms with van der Waals surface area (Å²) in [5.41, 5.74) is 7.26. The van der Waals surface area contributed by atoms with Crippen LogP contribution in [0, 0.1) is 0 Å². The van der Waals surface area contributed by atoms with E-state index in [1.165, 1.54) is 0 Å². The fourth-order valence-corrected chi connectivity index (χ4v) is 1.96. The molecule has 0 radical (unpaired) electrons. The third-order valence-electron chi connectivity index (χ3n) is 1.90. The summed E-state index contributed by atoms with van der Waals surface area (Å²) in [5.74, 6) is 0. The van der Waals surface area contributed by atoms with Crippen molar-refractivity contribution in [3.8, 4) is 0 Å². The minimum Gasteiger partial charge on any atom is -0.396 e. The Labute approximate surface area is 92.2 Å². The molecule has 0 spiro atoms. The number of nitrogen functional groups attached to an aromatic ring is 1.